The maximum absolute atomic E-state index is 14.3. The van der Waals surface area contributed by atoms with Gasteiger partial charge in [-0.2, -0.15) is 0 Å². The number of halogens is 1. The molecule has 3 aromatic rings. The molecule has 0 N–H and O–H groups in total. The van der Waals surface area contributed by atoms with E-state index in [0.717, 1.165) is 22.4 Å². The predicted octanol–water partition coefficient (Wildman–Crippen LogP) is 4.03. The van der Waals surface area contributed by atoms with Crippen LogP contribution in [0.5, 0.6) is 11.5 Å². The number of hydrogen-bond donors (Lipinski definition) is 0. The topological polar surface area (TPSA) is 62.3 Å². The largest absolute Gasteiger partial charge is 0.493 e. The molecule has 3 heterocycles. The summed E-state index contributed by atoms with van der Waals surface area (Å²) < 4.78 is 24.5. The van der Waals surface area contributed by atoms with E-state index in [1.165, 1.54) is 12.1 Å². The third-order valence-corrected chi connectivity index (χ3v) is 8.07. The average molecular weight is 516 g/mol. The fourth-order valence-electron chi connectivity index (χ4n) is 6.15. The molecule has 38 heavy (non-hydrogen) atoms. The standard InChI is InChI=1S/C30H30FN3O4/c1-37-25-17-19-11-12-34-28(24(19)18-26(25)38-2)27(22-5-3-4-6-23(22)29(34)35)30(36)33-15-13-32(14-16-33)21-9-7-20(31)8-10-21/h3-10,17-18,27-28H,11-16H2,1-2H3/t27-,28-/m0/s1. The van der Waals surface area contributed by atoms with Crippen molar-refractivity contribution in [3.8, 4) is 11.5 Å². The highest BCUT2D eigenvalue weighted by Gasteiger charge is 2.48. The molecule has 0 unspecified atom stereocenters. The lowest BCUT2D eigenvalue weighted by atomic mass is 9.75. The zero-order chi connectivity index (χ0) is 26.4. The Kier molecular flexibility index (Phi) is 6.18. The molecule has 2 amide bonds. The Morgan fingerprint density at radius 1 is 0.868 bits per heavy atom. The molecule has 0 spiro atoms. The van der Waals surface area contributed by atoms with Gasteiger partial charge in [0.1, 0.15) is 5.82 Å². The van der Waals surface area contributed by atoms with Crippen LogP contribution in [0, 0.1) is 5.82 Å². The molecule has 0 bridgehead atoms. The zero-order valence-corrected chi connectivity index (χ0v) is 21.5. The van der Waals surface area contributed by atoms with E-state index >= 15 is 0 Å². The van der Waals surface area contributed by atoms with Crippen molar-refractivity contribution in [2.75, 3.05) is 51.8 Å². The number of hydrogen-bond acceptors (Lipinski definition) is 5. The van der Waals surface area contributed by atoms with Gasteiger partial charge in [0.15, 0.2) is 11.5 Å². The molecule has 0 aromatic heterocycles. The van der Waals surface area contributed by atoms with Gasteiger partial charge in [0.05, 0.1) is 26.2 Å². The molecule has 6 rings (SSSR count). The predicted molar refractivity (Wildman–Crippen MR) is 141 cm³/mol. The lowest BCUT2D eigenvalue weighted by Gasteiger charge is -2.47. The Labute approximate surface area is 221 Å². The van der Waals surface area contributed by atoms with E-state index in [2.05, 4.69) is 4.90 Å². The highest BCUT2D eigenvalue weighted by molar-refractivity contribution is 6.01. The van der Waals surface area contributed by atoms with Crippen molar-refractivity contribution < 1.29 is 23.5 Å². The van der Waals surface area contributed by atoms with Gasteiger partial charge in [0.2, 0.25) is 5.91 Å². The summed E-state index contributed by atoms with van der Waals surface area (Å²) in [4.78, 5) is 33.9. The van der Waals surface area contributed by atoms with Gasteiger partial charge >= 0.3 is 0 Å². The maximum Gasteiger partial charge on any atom is 0.254 e. The quantitative estimate of drug-likeness (QED) is 0.525. The summed E-state index contributed by atoms with van der Waals surface area (Å²) in [5, 5.41) is 0. The van der Waals surface area contributed by atoms with E-state index in [4.69, 9.17) is 9.47 Å². The molecule has 8 heteroatoms. The third kappa shape index (κ3) is 3.95. The lowest BCUT2D eigenvalue weighted by Crippen LogP contribution is -2.54. The minimum atomic E-state index is -0.529. The van der Waals surface area contributed by atoms with Crippen LogP contribution in [0.25, 0.3) is 0 Å². The van der Waals surface area contributed by atoms with Crippen LogP contribution in [0.4, 0.5) is 10.1 Å². The van der Waals surface area contributed by atoms with E-state index in [9.17, 15) is 14.0 Å². The number of nitrogens with zero attached hydrogens (tertiary/aromatic N) is 3. The van der Waals surface area contributed by atoms with Crippen molar-refractivity contribution in [2.45, 2.75) is 18.4 Å². The number of carbonyl (C=O) groups excluding carboxylic acids is 2. The SMILES string of the molecule is COc1cc2c(cc1OC)[C@H]1[C@@H](C(=O)N3CCN(c4ccc(F)cc4)CC3)c3ccccc3C(=O)N1CC2. The number of ether oxygens (including phenoxy) is 2. The Morgan fingerprint density at radius 3 is 2.26 bits per heavy atom. The second kappa shape index (κ2) is 9.67. The fourth-order valence-corrected chi connectivity index (χ4v) is 6.15. The van der Waals surface area contributed by atoms with Gasteiger partial charge in [-0.15, -0.1) is 0 Å². The van der Waals surface area contributed by atoms with Crippen LogP contribution in [0.3, 0.4) is 0 Å². The monoisotopic (exact) mass is 515 g/mol. The van der Waals surface area contributed by atoms with Gasteiger partial charge in [-0.3, -0.25) is 9.59 Å². The third-order valence-electron chi connectivity index (χ3n) is 8.07. The Hall–Kier alpha value is -4.07. The summed E-state index contributed by atoms with van der Waals surface area (Å²) in [5.74, 6) is 0.399. The summed E-state index contributed by atoms with van der Waals surface area (Å²) in [6.07, 6.45) is 0.678. The van der Waals surface area contributed by atoms with Crippen molar-refractivity contribution in [3.05, 3.63) is 88.7 Å². The van der Waals surface area contributed by atoms with Crippen molar-refractivity contribution in [2.24, 2.45) is 0 Å². The number of rotatable bonds is 4. The summed E-state index contributed by atoms with van der Waals surface area (Å²) in [6.45, 7) is 2.94. The molecule has 1 saturated heterocycles. The van der Waals surface area contributed by atoms with Gasteiger partial charge in [-0.25, -0.2) is 4.39 Å². The minimum Gasteiger partial charge on any atom is -0.493 e. The Morgan fingerprint density at radius 2 is 1.55 bits per heavy atom. The molecular formula is C30H30FN3O4. The molecule has 3 aliphatic rings. The molecule has 7 nitrogen and oxygen atoms in total. The Balaban J connectivity index is 1.36. The van der Waals surface area contributed by atoms with E-state index in [-0.39, 0.29) is 17.6 Å². The first-order chi connectivity index (χ1) is 18.5. The Bertz CT molecular complexity index is 1380. The molecule has 1 fully saturated rings. The molecule has 3 aromatic carbocycles. The molecule has 0 aliphatic carbocycles. The second-order valence-corrected chi connectivity index (χ2v) is 9.95. The van der Waals surface area contributed by atoms with E-state index in [1.807, 2.05) is 46.2 Å². The maximum atomic E-state index is 14.3. The van der Waals surface area contributed by atoms with Gasteiger partial charge in [0, 0.05) is 44.0 Å². The molecule has 3 aliphatic heterocycles. The van der Waals surface area contributed by atoms with Crippen molar-refractivity contribution in [1.29, 1.82) is 0 Å². The first-order valence-corrected chi connectivity index (χ1v) is 12.9. The molecule has 0 saturated carbocycles. The average Bonchev–Trinajstić information content (AvgIpc) is 2.96. The van der Waals surface area contributed by atoms with E-state index in [0.29, 0.717) is 56.2 Å². The summed E-state index contributed by atoms with van der Waals surface area (Å²) in [6, 6.07) is 17.4. The van der Waals surface area contributed by atoms with E-state index in [1.54, 1.807) is 26.4 Å². The van der Waals surface area contributed by atoms with E-state index < -0.39 is 12.0 Å². The molecule has 0 radical (unpaired) electrons. The number of amides is 2. The first kappa shape index (κ1) is 24.3. The zero-order valence-electron chi connectivity index (χ0n) is 21.5. The number of carbonyl (C=O) groups is 2. The number of piperazine rings is 1. The van der Waals surface area contributed by atoms with Crippen molar-refractivity contribution in [3.63, 3.8) is 0 Å². The number of fused-ring (bicyclic) bond motifs is 4. The smallest absolute Gasteiger partial charge is 0.254 e. The number of anilines is 1. The lowest BCUT2D eigenvalue weighted by molar-refractivity contribution is -0.135. The van der Waals surface area contributed by atoms with Crippen LogP contribution in [0.15, 0.2) is 60.7 Å². The summed E-state index contributed by atoms with van der Waals surface area (Å²) >= 11 is 0. The van der Waals surface area contributed by atoms with Crippen LogP contribution >= 0.6 is 0 Å². The first-order valence-electron chi connectivity index (χ1n) is 12.9. The van der Waals surface area contributed by atoms with Crippen LogP contribution in [-0.4, -0.2) is 68.6 Å². The minimum absolute atomic E-state index is 0.0151. The van der Waals surface area contributed by atoms with Gasteiger partial charge in [-0.1, -0.05) is 18.2 Å². The van der Waals surface area contributed by atoms with Crippen molar-refractivity contribution >= 4 is 17.5 Å². The number of methoxy groups -OCH3 is 2. The molecule has 196 valence electrons. The number of benzene rings is 3. The van der Waals surface area contributed by atoms with Crippen LogP contribution in [0.1, 0.15) is 39.0 Å². The summed E-state index contributed by atoms with van der Waals surface area (Å²) in [7, 11) is 3.20. The van der Waals surface area contributed by atoms with Gasteiger partial charge in [-0.05, 0) is 65.6 Å². The second-order valence-electron chi connectivity index (χ2n) is 9.95. The molecule has 2 atom stereocenters. The normalized spacial score (nSPS) is 20.4. The van der Waals surface area contributed by atoms with Gasteiger partial charge < -0.3 is 24.2 Å². The fraction of sp³-hybridized carbons (Fsp3) is 0.333. The van der Waals surface area contributed by atoms with Gasteiger partial charge in [0.25, 0.3) is 5.91 Å². The molecular weight excluding hydrogens is 485 g/mol. The van der Waals surface area contributed by atoms with Crippen LogP contribution in [-0.2, 0) is 11.2 Å². The highest BCUT2D eigenvalue weighted by Crippen LogP contribution is 2.49. The van der Waals surface area contributed by atoms with Crippen molar-refractivity contribution in [1.82, 2.24) is 9.80 Å². The highest BCUT2D eigenvalue weighted by atomic mass is 19.1. The summed E-state index contributed by atoms with van der Waals surface area (Å²) in [5.41, 5.74) is 4.30. The van der Waals surface area contributed by atoms with Crippen LogP contribution in [0.2, 0.25) is 0 Å². The van der Waals surface area contributed by atoms with Crippen LogP contribution < -0.4 is 14.4 Å².